The molecule has 0 radical (unpaired) electrons. The van der Waals surface area contributed by atoms with Crippen molar-refractivity contribution in [2.75, 3.05) is 25.6 Å². The maximum atomic E-state index is 10.9. The highest BCUT2D eigenvalue weighted by molar-refractivity contribution is 5.87. The Labute approximate surface area is 123 Å². The summed E-state index contributed by atoms with van der Waals surface area (Å²) < 4.78 is 10.8. The first kappa shape index (κ1) is 14.7. The highest BCUT2D eigenvalue weighted by Crippen LogP contribution is 2.22. The number of para-hydroxylation sites is 2. The molecule has 2 aromatic carbocycles. The zero-order valence-corrected chi connectivity index (χ0v) is 11.7. The molecule has 0 aliphatic carbocycles. The van der Waals surface area contributed by atoms with Gasteiger partial charge in [-0.15, -0.1) is 0 Å². The minimum atomic E-state index is -0.965. The Morgan fingerprint density at radius 3 is 2.76 bits per heavy atom. The third kappa shape index (κ3) is 4.14. The smallest absolute Gasteiger partial charge is 0.335 e. The first-order valence-electron chi connectivity index (χ1n) is 6.54. The number of carboxylic acid groups (broad SMARTS) is 1. The standard InChI is InChI=1S/C16H17NO4/c1-20-15-8-3-2-7-14(15)17-9-10-21-13-6-4-5-12(11-13)16(18)19/h2-8,11,17H,9-10H2,1H3,(H,18,19). The molecule has 5 nitrogen and oxygen atoms in total. The topological polar surface area (TPSA) is 67.8 Å². The van der Waals surface area contributed by atoms with Gasteiger partial charge in [-0.2, -0.15) is 0 Å². The van der Waals surface area contributed by atoms with Crippen LogP contribution in [0.25, 0.3) is 0 Å². The van der Waals surface area contributed by atoms with Crippen LogP contribution in [0.1, 0.15) is 10.4 Å². The van der Waals surface area contributed by atoms with E-state index in [-0.39, 0.29) is 5.56 Å². The van der Waals surface area contributed by atoms with E-state index in [0.717, 1.165) is 11.4 Å². The van der Waals surface area contributed by atoms with Crippen LogP contribution in [0.15, 0.2) is 48.5 Å². The lowest BCUT2D eigenvalue weighted by Gasteiger charge is -2.11. The molecule has 0 atom stereocenters. The number of methoxy groups -OCH3 is 1. The minimum Gasteiger partial charge on any atom is -0.495 e. The van der Waals surface area contributed by atoms with Crippen LogP contribution in [0.3, 0.4) is 0 Å². The number of benzene rings is 2. The molecule has 0 unspecified atom stereocenters. The number of hydrogen-bond acceptors (Lipinski definition) is 4. The van der Waals surface area contributed by atoms with E-state index in [0.29, 0.717) is 18.9 Å². The Morgan fingerprint density at radius 2 is 2.00 bits per heavy atom. The van der Waals surface area contributed by atoms with Gasteiger partial charge in [0.1, 0.15) is 18.1 Å². The number of anilines is 1. The molecule has 0 saturated carbocycles. The van der Waals surface area contributed by atoms with Crippen LogP contribution in [-0.4, -0.2) is 31.3 Å². The summed E-state index contributed by atoms with van der Waals surface area (Å²) >= 11 is 0. The van der Waals surface area contributed by atoms with Crippen molar-refractivity contribution in [3.8, 4) is 11.5 Å². The molecule has 5 heteroatoms. The molecule has 0 aliphatic rings. The van der Waals surface area contributed by atoms with E-state index in [1.54, 1.807) is 19.2 Å². The Balaban J connectivity index is 1.85. The van der Waals surface area contributed by atoms with E-state index in [1.807, 2.05) is 24.3 Å². The number of carbonyl (C=O) groups is 1. The van der Waals surface area contributed by atoms with Gasteiger partial charge in [0, 0.05) is 6.54 Å². The summed E-state index contributed by atoms with van der Waals surface area (Å²) in [7, 11) is 1.62. The van der Waals surface area contributed by atoms with Crippen LogP contribution in [0.4, 0.5) is 5.69 Å². The normalized spacial score (nSPS) is 9.95. The molecular weight excluding hydrogens is 270 g/mol. The maximum Gasteiger partial charge on any atom is 0.335 e. The van der Waals surface area contributed by atoms with Gasteiger partial charge < -0.3 is 19.9 Å². The minimum absolute atomic E-state index is 0.213. The fraction of sp³-hybridized carbons (Fsp3) is 0.188. The van der Waals surface area contributed by atoms with Gasteiger partial charge in [-0.1, -0.05) is 18.2 Å². The van der Waals surface area contributed by atoms with Crippen LogP contribution in [-0.2, 0) is 0 Å². The quantitative estimate of drug-likeness (QED) is 0.766. The van der Waals surface area contributed by atoms with Crippen molar-refractivity contribution in [1.82, 2.24) is 0 Å². The Bertz CT molecular complexity index is 613. The second-order valence-electron chi connectivity index (χ2n) is 4.31. The van der Waals surface area contributed by atoms with Gasteiger partial charge in [0.15, 0.2) is 0 Å². The molecule has 0 spiro atoms. The summed E-state index contributed by atoms with van der Waals surface area (Å²) in [5.41, 5.74) is 1.10. The molecule has 0 amide bonds. The number of rotatable bonds is 7. The van der Waals surface area contributed by atoms with Gasteiger partial charge in [0.2, 0.25) is 0 Å². The highest BCUT2D eigenvalue weighted by Gasteiger charge is 2.04. The molecule has 2 N–H and O–H groups in total. The molecule has 0 heterocycles. The number of ether oxygens (including phenoxy) is 2. The monoisotopic (exact) mass is 287 g/mol. The molecule has 0 bridgehead atoms. The fourth-order valence-corrected chi connectivity index (χ4v) is 1.86. The summed E-state index contributed by atoms with van der Waals surface area (Å²) in [6.07, 6.45) is 0. The SMILES string of the molecule is COc1ccccc1NCCOc1cccc(C(=O)O)c1. The van der Waals surface area contributed by atoms with Crippen LogP contribution in [0, 0.1) is 0 Å². The summed E-state index contributed by atoms with van der Waals surface area (Å²) in [6, 6.07) is 14.0. The number of aromatic carboxylic acids is 1. The first-order valence-corrected chi connectivity index (χ1v) is 6.54. The van der Waals surface area contributed by atoms with Crippen LogP contribution in [0.5, 0.6) is 11.5 Å². The van der Waals surface area contributed by atoms with Crippen molar-refractivity contribution in [2.45, 2.75) is 0 Å². The van der Waals surface area contributed by atoms with Crippen molar-refractivity contribution in [3.63, 3.8) is 0 Å². The van der Waals surface area contributed by atoms with Gasteiger partial charge in [-0.25, -0.2) is 4.79 Å². The predicted molar refractivity (Wildman–Crippen MR) is 80.4 cm³/mol. The van der Waals surface area contributed by atoms with Gasteiger partial charge in [0.25, 0.3) is 0 Å². The Hall–Kier alpha value is -2.69. The van der Waals surface area contributed by atoms with Crippen molar-refractivity contribution in [3.05, 3.63) is 54.1 Å². The largest absolute Gasteiger partial charge is 0.495 e. The van der Waals surface area contributed by atoms with Crippen molar-refractivity contribution < 1.29 is 19.4 Å². The van der Waals surface area contributed by atoms with Gasteiger partial charge in [0.05, 0.1) is 18.4 Å². The van der Waals surface area contributed by atoms with Crippen molar-refractivity contribution in [2.24, 2.45) is 0 Å². The average molecular weight is 287 g/mol. The summed E-state index contributed by atoms with van der Waals surface area (Å²) in [6.45, 7) is 0.999. The highest BCUT2D eigenvalue weighted by atomic mass is 16.5. The molecule has 0 aromatic heterocycles. The Morgan fingerprint density at radius 1 is 1.19 bits per heavy atom. The molecule has 110 valence electrons. The Kier molecular flexibility index (Phi) is 5.04. The van der Waals surface area contributed by atoms with E-state index in [9.17, 15) is 4.79 Å². The molecule has 0 aliphatic heterocycles. The predicted octanol–water partition coefficient (Wildman–Crippen LogP) is 2.88. The van der Waals surface area contributed by atoms with E-state index < -0.39 is 5.97 Å². The van der Waals surface area contributed by atoms with E-state index >= 15 is 0 Å². The van der Waals surface area contributed by atoms with Gasteiger partial charge >= 0.3 is 5.97 Å². The third-order valence-electron chi connectivity index (χ3n) is 2.87. The second kappa shape index (κ2) is 7.19. The molecule has 0 saturated heterocycles. The molecule has 2 rings (SSSR count). The molecular formula is C16H17NO4. The van der Waals surface area contributed by atoms with Gasteiger partial charge in [-0.05, 0) is 30.3 Å². The molecule has 2 aromatic rings. The summed E-state index contributed by atoms with van der Waals surface area (Å²) in [4.78, 5) is 10.9. The van der Waals surface area contributed by atoms with Crippen LogP contribution >= 0.6 is 0 Å². The lowest BCUT2D eigenvalue weighted by Crippen LogP contribution is -2.12. The second-order valence-corrected chi connectivity index (χ2v) is 4.31. The number of hydrogen-bond donors (Lipinski definition) is 2. The number of nitrogens with one attached hydrogen (secondary N) is 1. The van der Waals surface area contributed by atoms with E-state index in [1.165, 1.54) is 12.1 Å². The lowest BCUT2D eigenvalue weighted by molar-refractivity contribution is 0.0696. The first-order chi connectivity index (χ1) is 10.2. The van der Waals surface area contributed by atoms with Gasteiger partial charge in [-0.3, -0.25) is 0 Å². The fourth-order valence-electron chi connectivity index (χ4n) is 1.86. The van der Waals surface area contributed by atoms with Crippen LogP contribution in [0.2, 0.25) is 0 Å². The third-order valence-corrected chi connectivity index (χ3v) is 2.87. The van der Waals surface area contributed by atoms with E-state index in [2.05, 4.69) is 5.32 Å². The summed E-state index contributed by atoms with van der Waals surface area (Å²) in [5.74, 6) is 0.342. The summed E-state index contributed by atoms with van der Waals surface area (Å²) in [5, 5.41) is 12.1. The van der Waals surface area contributed by atoms with Crippen molar-refractivity contribution in [1.29, 1.82) is 0 Å². The van der Waals surface area contributed by atoms with Crippen LogP contribution < -0.4 is 14.8 Å². The maximum absolute atomic E-state index is 10.9. The van der Waals surface area contributed by atoms with Crippen molar-refractivity contribution >= 4 is 11.7 Å². The molecule has 21 heavy (non-hydrogen) atoms. The van der Waals surface area contributed by atoms with E-state index in [4.69, 9.17) is 14.6 Å². The molecule has 0 fully saturated rings. The zero-order chi connectivity index (χ0) is 15.1. The number of carboxylic acids is 1. The average Bonchev–Trinajstić information content (AvgIpc) is 2.52. The zero-order valence-electron chi connectivity index (χ0n) is 11.7. The lowest BCUT2D eigenvalue weighted by atomic mass is 10.2.